The maximum atomic E-state index is 6.19. The zero-order chi connectivity index (χ0) is 18.1. The summed E-state index contributed by atoms with van der Waals surface area (Å²) in [6, 6.07) is 14.2. The van der Waals surface area contributed by atoms with E-state index in [0.29, 0.717) is 34.4 Å². The van der Waals surface area contributed by atoms with E-state index in [1.165, 1.54) is 11.1 Å². The lowest BCUT2D eigenvalue weighted by Crippen LogP contribution is -2.23. The molecule has 0 N–H and O–H groups in total. The van der Waals surface area contributed by atoms with Crippen LogP contribution in [-0.2, 0) is 6.54 Å². The van der Waals surface area contributed by atoms with E-state index in [1.54, 1.807) is 0 Å². The number of nitrogens with zero attached hydrogens (tertiary/aromatic N) is 3. The van der Waals surface area contributed by atoms with Crippen LogP contribution in [0.3, 0.4) is 0 Å². The number of aryl methyl sites for hydroxylation is 1. The van der Waals surface area contributed by atoms with Crippen molar-refractivity contribution < 1.29 is 4.42 Å². The van der Waals surface area contributed by atoms with E-state index in [9.17, 15) is 0 Å². The Labute approximate surface area is 162 Å². The third-order valence-corrected chi connectivity index (χ3v) is 5.53. The maximum absolute atomic E-state index is 6.19. The number of aromatic nitrogens is 2. The van der Waals surface area contributed by atoms with Crippen molar-refractivity contribution in [2.45, 2.75) is 32.4 Å². The molecule has 0 amide bonds. The minimum Gasteiger partial charge on any atom is -0.419 e. The summed E-state index contributed by atoms with van der Waals surface area (Å²) < 4.78 is 5.89. The first-order chi connectivity index (χ1) is 12.6. The van der Waals surface area contributed by atoms with Crippen LogP contribution in [0.2, 0.25) is 10.0 Å². The second-order valence-corrected chi connectivity index (χ2v) is 7.48. The summed E-state index contributed by atoms with van der Waals surface area (Å²) in [6.45, 7) is 3.68. The molecule has 2 aromatic carbocycles. The first-order valence-corrected chi connectivity index (χ1v) is 9.44. The maximum Gasteiger partial charge on any atom is 0.247 e. The number of benzene rings is 2. The zero-order valence-corrected chi connectivity index (χ0v) is 16.0. The van der Waals surface area contributed by atoms with Gasteiger partial charge in [0.05, 0.1) is 16.6 Å². The third kappa shape index (κ3) is 3.63. The fourth-order valence-corrected chi connectivity index (χ4v) is 3.72. The monoisotopic (exact) mass is 387 g/mol. The van der Waals surface area contributed by atoms with Crippen molar-refractivity contribution in [3.8, 4) is 11.5 Å². The molecular formula is C20H19Cl2N3O. The predicted molar refractivity (Wildman–Crippen MR) is 103 cm³/mol. The van der Waals surface area contributed by atoms with Crippen LogP contribution in [0.1, 0.15) is 35.9 Å². The van der Waals surface area contributed by atoms with E-state index in [0.717, 1.165) is 24.9 Å². The predicted octanol–water partition coefficient (Wildman–Crippen LogP) is 5.69. The molecule has 0 radical (unpaired) electrons. The highest BCUT2D eigenvalue weighted by atomic mass is 35.5. The molecule has 1 fully saturated rings. The smallest absolute Gasteiger partial charge is 0.247 e. The van der Waals surface area contributed by atoms with Crippen LogP contribution in [0, 0.1) is 6.92 Å². The van der Waals surface area contributed by atoms with Gasteiger partial charge in [0, 0.05) is 11.6 Å². The zero-order valence-electron chi connectivity index (χ0n) is 14.5. The van der Waals surface area contributed by atoms with Crippen molar-refractivity contribution in [2.24, 2.45) is 0 Å². The standard InChI is InChI=1S/C20H19Cl2N3O/c1-13-4-6-14(7-5-13)20-24-23-19(26-20)12-25-10-2-3-18(25)15-8-9-16(21)17(22)11-15/h4-9,11,18H,2-3,10,12H2,1H3. The van der Waals surface area contributed by atoms with E-state index in [1.807, 2.05) is 42.5 Å². The molecule has 3 aromatic rings. The highest BCUT2D eigenvalue weighted by molar-refractivity contribution is 6.42. The summed E-state index contributed by atoms with van der Waals surface area (Å²) in [5.41, 5.74) is 3.32. The largest absolute Gasteiger partial charge is 0.419 e. The Hall–Kier alpha value is -1.88. The Bertz CT molecular complexity index is 908. The van der Waals surface area contributed by atoms with Crippen molar-refractivity contribution in [1.82, 2.24) is 15.1 Å². The SMILES string of the molecule is Cc1ccc(-c2nnc(CN3CCCC3c3ccc(Cl)c(Cl)c3)o2)cc1. The highest BCUT2D eigenvalue weighted by Gasteiger charge is 2.28. The number of hydrogen-bond donors (Lipinski definition) is 0. The normalized spacial score (nSPS) is 17.7. The van der Waals surface area contributed by atoms with Gasteiger partial charge in [-0.15, -0.1) is 10.2 Å². The highest BCUT2D eigenvalue weighted by Crippen LogP contribution is 2.36. The molecule has 4 nitrogen and oxygen atoms in total. The Balaban J connectivity index is 1.51. The molecule has 0 spiro atoms. The van der Waals surface area contributed by atoms with Gasteiger partial charge in [-0.3, -0.25) is 4.90 Å². The molecule has 26 heavy (non-hydrogen) atoms. The van der Waals surface area contributed by atoms with Crippen LogP contribution in [0.15, 0.2) is 46.9 Å². The van der Waals surface area contributed by atoms with E-state index in [4.69, 9.17) is 27.6 Å². The van der Waals surface area contributed by atoms with Gasteiger partial charge in [0.15, 0.2) is 0 Å². The number of rotatable bonds is 4. The van der Waals surface area contributed by atoms with E-state index < -0.39 is 0 Å². The lowest BCUT2D eigenvalue weighted by Gasteiger charge is -2.23. The lowest BCUT2D eigenvalue weighted by atomic mass is 10.0. The fourth-order valence-electron chi connectivity index (χ4n) is 3.42. The Morgan fingerprint density at radius 3 is 2.65 bits per heavy atom. The first-order valence-electron chi connectivity index (χ1n) is 8.68. The molecule has 6 heteroatoms. The van der Waals surface area contributed by atoms with Crippen LogP contribution in [-0.4, -0.2) is 21.6 Å². The van der Waals surface area contributed by atoms with Gasteiger partial charge < -0.3 is 4.42 Å². The van der Waals surface area contributed by atoms with Crippen LogP contribution in [0.25, 0.3) is 11.5 Å². The molecule has 0 saturated carbocycles. The number of hydrogen-bond acceptors (Lipinski definition) is 4. The Morgan fingerprint density at radius 2 is 1.88 bits per heavy atom. The first kappa shape index (κ1) is 17.5. The lowest BCUT2D eigenvalue weighted by molar-refractivity contribution is 0.224. The van der Waals surface area contributed by atoms with E-state index in [-0.39, 0.29) is 0 Å². The molecule has 1 atom stereocenters. The minimum atomic E-state index is 0.291. The fraction of sp³-hybridized carbons (Fsp3) is 0.300. The number of likely N-dealkylation sites (tertiary alicyclic amines) is 1. The van der Waals surface area contributed by atoms with Crippen LogP contribution < -0.4 is 0 Å². The molecule has 4 rings (SSSR count). The summed E-state index contributed by atoms with van der Waals surface area (Å²) >= 11 is 12.2. The summed E-state index contributed by atoms with van der Waals surface area (Å²) in [7, 11) is 0. The minimum absolute atomic E-state index is 0.291. The van der Waals surface area contributed by atoms with Gasteiger partial charge in [-0.25, -0.2) is 0 Å². The second-order valence-electron chi connectivity index (χ2n) is 6.67. The van der Waals surface area contributed by atoms with Crippen LogP contribution in [0.5, 0.6) is 0 Å². The third-order valence-electron chi connectivity index (χ3n) is 4.80. The molecule has 134 valence electrons. The molecule has 0 aliphatic carbocycles. The molecule has 1 aliphatic heterocycles. The second kappa shape index (κ2) is 7.39. The Kier molecular flexibility index (Phi) is 4.98. The molecule has 2 heterocycles. The summed E-state index contributed by atoms with van der Waals surface area (Å²) in [6.07, 6.45) is 2.21. The summed E-state index contributed by atoms with van der Waals surface area (Å²) in [5, 5.41) is 9.61. The van der Waals surface area contributed by atoms with Crippen LogP contribution >= 0.6 is 23.2 Å². The molecular weight excluding hydrogens is 369 g/mol. The Morgan fingerprint density at radius 1 is 1.08 bits per heavy atom. The van der Waals surface area contributed by atoms with Gasteiger partial charge >= 0.3 is 0 Å². The molecule has 1 aromatic heterocycles. The average Bonchev–Trinajstić information content (AvgIpc) is 3.28. The van der Waals surface area contributed by atoms with Gasteiger partial charge in [-0.05, 0) is 56.1 Å². The van der Waals surface area contributed by atoms with Gasteiger partial charge in [-0.2, -0.15) is 0 Å². The van der Waals surface area contributed by atoms with Gasteiger partial charge in [-0.1, -0.05) is 47.0 Å². The average molecular weight is 388 g/mol. The number of halogens is 2. The quantitative estimate of drug-likeness (QED) is 0.576. The van der Waals surface area contributed by atoms with Crippen molar-refractivity contribution in [3.05, 3.63) is 69.5 Å². The molecule has 1 saturated heterocycles. The van der Waals surface area contributed by atoms with E-state index in [2.05, 4.69) is 22.0 Å². The van der Waals surface area contributed by atoms with Crippen LogP contribution in [0.4, 0.5) is 0 Å². The van der Waals surface area contributed by atoms with Crippen molar-refractivity contribution >= 4 is 23.2 Å². The molecule has 0 bridgehead atoms. The van der Waals surface area contributed by atoms with Gasteiger partial charge in [0.25, 0.3) is 0 Å². The molecule has 1 unspecified atom stereocenters. The summed E-state index contributed by atoms with van der Waals surface area (Å²) in [4.78, 5) is 2.35. The van der Waals surface area contributed by atoms with Gasteiger partial charge in [0.2, 0.25) is 11.8 Å². The molecule has 1 aliphatic rings. The van der Waals surface area contributed by atoms with Gasteiger partial charge in [0.1, 0.15) is 0 Å². The topological polar surface area (TPSA) is 42.2 Å². The van der Waals surface area contributed by atoms with Crippen molar-refractivity contribution in [3.63, 3.8) is 0 Å². The van der Waals surface area contributed by atoms with Crippen molar-refractivity contribution in [2.75, 3.05) is 6.54 Å². The van der Waals surface area contributed by atoms with E-state index >= 15 is 0 Å². The summed E-state index contributed by atoms with van der Waals surface area (Å²) in [5.74, 6) is 1.19. The van der Waals surface area contributed by atoms with Crippen molar-refractivity contribution in [1.29, 1.82) is 0 Å².